The molecule has 0 atom stereocenters. The Kier molecular flexibility index (Phi) is 4.80. The van der Waals surface area contributed by atoms with Gasteiger partial charge in [-0.3, -0.25) is 0 Å². The fourth-order valence-electron chi connectivity index (χ4n) is 1.70. The van der Waals surface area contributed by atoms with Gasteiger partial charge in [0.15, 0.2) is 0 Å². The number of nitrogens with one attached hydrogen (secondary N) is 2. The van der Waals surface area contributed by atoms with Crippen LogP contribution in [0.5, 0.6) is 0 Å². The predicted octanol–water partition coefficient (Wildman–Crippen LogP) is 2.97. The van der Waals surface area contributed by atoms with Gasteiger partial charge < -0.3 is 5.32 Å². The average Bonchev–Trinajstić information content (AvgIpc) is 2.46. The molecular weight excluding hydrogens is 340 g/mol. The summed E-state index contributed by atoms with van der Waals surface area (Å²) in [6, 6.07) is 14.1. The largest absolute Gasteiger partial charge is 0.388 e. The van der Waals surface area contributed by atoms with Gasteiger partial charge in [-0.05, 0) is 35.9 Å². The molecule has 0 saturated carbocycles. The molecule has 0 amide bonds. The number of hydrogen-bond donors (Lipinski definition) is 2. The van der Waals surface area contributed by atoms with E-state index in [-0.39, 0.29) is 11.4 Å². The molecule has 0 unspecified atom stereocenters. The summed E-state index contributed by atoms with van der Waals surface area (Å²) in [5.74, 6) is 0. The Labute approximate surface area is 127 Å². The molecule has 0 heterocycles. The Bertz CT molecular complexity index is 685. The summed E-state index contributed by atoms with van der Waals surface area (Å²) in [6.07, 6.45) is 0. The van der Waals surface area contributed by atoms with Crippen LogP contribution in [0.15, 0.2) is 57.9 Å². The van der Waals surface area contributed by atoms with Gasteiger partial charge in [0.05, 0.1) is 4.90 Å². The van der Waals surface area contributed by atoms with Gasteiger partial charge in [-0.25, -0.2) is 13.1 Å². The molecule has 2 rings (SSSR count). The quantitative estimate of drug-likeness (QED) is 0.867. The fraction of sp³-hybridized carbons (Fsp3) is 0.143. The summed E-state index contributed by atoms with van der Waals surface area (Å²) in [7, 11) is -1.71. The lowest BCUT2D eigenvalue weighted by Gasteiger charge is -2.09. The molecule has 0 saturated heterocycles. The molecule has 0 aromatic heterocycles. The third kappa shape index (κ3) is 3.59. The molecule has 0 aliphatic heterocycles. The minimum atomic E-state index is -3.50. The van der Waals surface area contributed by atoms with E-state index in [1.165, 1.54) is 0 Å². The van der Waals surface area contributed by atoms with E-state index in [1.54, 1.807) is 31.3 Å². The third-order valence-electron chi connectivity index (χ3n) is 2.86. The van der Waals surface area contributed by atoms with Crippen molar-refractivity contribution in [2.75, 3.05) is 12.4 Å². The summed E-state index contributed by atoms with van der Waals surface area (Å²) in [6.45, 7) is 0.248. The van der Waals surface area contributed by atoms with Crippen molar-refractivity contribution in [3.05, 3.63) is 58.6 Å². The Hall–Kier alpha value is -1.37. The predicted molar refractivity (Wildman–Crippen MR) is 84.2 cm³/mol. The SMILES string of the molecule is CNc1ccc(S(=O)(=O)NCc2ccccc2Br)cc1. The number of hydrogen-bond acceptors (Lipinski definition) is 3. The molecule has 0 bridgehead atoms. The number of anilines is 1. The van der Waals surface area contributed by atoms with E-state index in [0.29, 0.717) is 0 Å². The molecule has 0 fully saturated rings. The van der Waals surface area contributed by atoms with Gasteiger partial charge in [0.2, 0.25) is 10.0 Å². The fourth-order valence-corrected chi connectivity index (χ4v) is 3.13. The van der Waals surface area contributed by atoms with E-state index < -0.39 is 10.0 Å². The van der Waals surface area contributed by atoms with Gasteiger partial charge in [0, 0.05) is 23.8 Å². The lowest BCUT2D eigenvalue weighted by atomic mass is 10.2. The van der Waals surface area contributed by atoms with Gasteiger partial charge in [-0.15, -0.1) is 0 Å². The van der Waals surface area contributed by atoms with Crippen molar-refractivity contribution in [1.29, 1.82) is 0 Å². The van der Waals surface area contributed by atoms with E-state index >= 15 is 0 Å². The maximum Gasteiger partial charge on any atom is 0.240 e. The van der Waals surface area contributed by atoms with Crippen LogP contribution in [0.1, 0.15) is 5.56 Å². The molecule has 0 spiro atoms. The first-order valence-corrected chi connectivity index (χ1v) is 8.31. The molecule has 20 heavy (non-hydrogen) atoms. The van der Waals surface area contributed by atoms with Crippen LogP contribution < -0.4 is 10.0 Å². The Balaban J connectivity index is 2.13. The zero-order valence-corrected chi connectivity index (χ0v) is 13.3. The second-order valence-electron chi connectivity index (χ2n) is 4.19. The van der Waals surface area contributed by atoms with Crippen LogP contribution in [0.2, 0.25) is 0 Å². The second-order valence-corrected chi connectivity index (χ2v) is 6.81. The third-order valence-corrected chi connectivity index (χ3v) is 5.05. The standard InChI is InChI=1S/C14H15BrN2O2S/c1-16-12-6-8-13(9-7-12)20(18,19)17-10-11-4-2-3-5-14(11)15/h2-9,16-17H,10H2,1H3. The smallest absolute Gasteiger partial charge is 0.240 e. The van der Waals surface area contributed by atoms with Gasteiger partial charge in [0.1, 0.15) is 0 Å². The molecule has 0 radical (unpaired) electrons. The first-order valence-electron chi connectivity index (χ1n) is 6.04. The van der Waals surface area contributed by atoms with E-state index in [2.05, 4.69) is 26.0 Å². The van der Waals surface area contributed by atoms with Crippen LogP contribution in [0.4, 0.5) is 5.69 Å². The minimum Gasteiger partial charge on any atom is -0.388 e. The van der Waals surface area contributed by atoms with Crippen molar-refractivity contribution in [2.24, 2.45) is 0 Å². The Morgan fingerprint density at radius 3 is 2.30 bits per heavy atom. The lowest BCUT2D eigenvalue weighted by Crippen LogP contribution is -2.23. The second kappa shape index (κ2) is 6.39. The van der Waals surface area contributed by atoms with Crippen LogP contribution >= 0.6 is 15.9 Å². The highest BCUT2D eigenvalue weighted by Crippen LogP contribution is 2.17. The molecule has 2 N–H and O–H groups in total. The van der Waals surface area contributed by atoms with Gasteiger partial charge in [-0.1, -0.05) is 34.1 Å². The average molecular weight is 355 g/mol. The Morgan fingerprint density at radius 1 is 1.05 bits per heavy atom. The lowest BCUT2D eigenvalue weighted by molar-refractivity contribution is 0.581. The molecule has 6 heteroatoms. The van der Waals surface area contributed by atoms with Gasteiger partial charge in [0.25, 0.3) is 0 Å². The highest BCUT2D eigenvalue weighted by atomic mass is 79.9. The maximum absolute atomic E-state index is 12.2. The zero-order chi connectivity index (χ0) is 14.6. The molecular formula is C14H15BrN2O2S. The normalized spacial score (nSPS) is 11.3. The van der Waals surface area contributed by atoms with Crippen molar-refractivity contribution >= 4 is 31.6 Å². The van der Waals surface area contributed by atoms with E-state index in [9.17, 15) is 8.42 Å². The van der Waals surface area contributed by atoms with Crippen LogP contribution in [0.25, 0.3) is 0 Å². The van der Waals surface area contributed by atoms with Crippen LogP contribution in [0.3, 0.4) is 0 Å². The summed E-state index contributed by atoms with van der Waals surface area (Å²) in [5, 5.41) is 2.95. The van der Waals surface area contributed by atoms with Crippen molar-refractivity contribution < 1.29 is 8.42 Å². The topological polar surface area (TPSA) is 58.2 Å². The van der Waals surface area contributed by atoms with Crippen LogP contribution in [-0.4, -0.2) is 15.5 Å². The van der Waals surface area contributed by atoms with Crippen LogP contribution in [-0.2, 0) is 16.6 Å². The first-order chi connectivity index (χ1) is 9.53. The van der Waals surface area contributed by atoms with Crippen LogP contribution in [0, 0.1) is 0 Å². The van der Waals surface area contributed by atoms with Crippen molar-refractivity contribution in [3.63, 3.8) is 0 Å². The maximum atomic E-state index is 12.2. The monoisotopic (exact) mass is 354 g/mol. The van der Waals surface area contributed by atoms with Gasteiger partial charge >= 0.3 is 0 Å². The molecule has 2 aromatic carbocycles. The molecule has 4 nitrogen and oxygen atoms in total. The highest BCUT2D eigenvalue weighted by molar-refractivity contribution is 9.10. The van der Waals surface area contributed by atoms with Crippen molar-refractivity contribution in [2.45, 2.75) is 11.4 Å². The molecule has 106 valence electrons. The number of rotatable bonds is 5. The first kappa shape index (κ1) is 15.0. The molecule has 0 aliphatic carbocycles. The van der Waals surface area contributed by atoms with Crippen molar-refractivity contribution in [3.8, 4) is 0 Å². The van der Waals surface area contributed by atoms with E-state index in [1.807, 2.05) is 24.3 Å². The molecule has 2 aromatic rings. The van der Waals surface area contributed by atoms with Gasteiger partial charge in [-0.2, -0.15) is 0 Å². The van der Waals surface area contributed by atoms with E-state index in [0.717, 1.165) is 15.7 Å². The summed E-state index contributed by atoms with van der Waals surface area (Å²) >= 11 is 3.40. The number of benzene rings is 2. The summed E-state index contributed by atoms with van der Waals surface area (Å²) in [5.41, 5.74) is 1.76. The Morgan fingerprint density at radius 2 is 1.70 bits per heavy atom. The zero-order valence-electron chi connectivity index (χ0n) is 10.9. The minimum absolute atomic E-state index is 0.248. The molecule has 0 aliphatic rings. The number of halogens is 1. The van der Waals surface area contributed by atoms with Crippen molar-refractivity contribution in [1.82, 2.24) is 4.72 Å². The van der Waals surface area contributed by atoms with E-state index in [4.69, 9.17) is 0 Å². The highest BCUT2D eigenvalue weighted by Gasteiger charge is 2.13. The summed E-state index contributed by atoms with van der Waals surface area (Å²) < 4.78 is 27.8. The summed E-state index contributed by atoms with van der Waals surface area (Å²) in [4.78, 5) is 0.253. The number of sulfonamides is 1.